The third-order valence-electron chi connectivity index (χ3n) is 5.50. The SMILES string of the molecule is CC(C)(C)c1nc(-c2ccc(C(=O)N3CCN(c4nc5nc(Cl)ccc5o4)CC3)cc2)no1. The van der Waals surface area contributed by atoms with Crippen LogP contribution >= 0.6 is 11.6 Å². The van der Waals surface area contributed by atoms with Crippen molar-refractivity contribution < 1.29 is 13.7 Å². The second kappa shape index (κ2) is 8.15. The molecule has 3 aromatic heterocycles. The number of oxazole rings is 1. The van der Waals surface area contributed by atoms with Crippen LogP contribution in [0.15, 0.2) is 45.3 Å². The molecule has 170 valence electrons. The lowest BCUT2D eigenvalue weighted by molar-refractivity contribution is 0.0745. The minimum Gasteiger partial charge on any atom is -0.422 e. The van der Waals surface area contributed by atoms with Gasteiger partial charge in [0, 0.05) is 42.7 Å². The van der Waals surface area contributed by atoms with E-state index in [0.29, 0.717) is 65.9 Å². The average molecular weight is 467 g/mol. The zero-order chi connectivity index (χ0) is 23.2. The Bertz CT molecular complexity index is 1300. The van der Waals surface area contributed by atoms with Gasteiger partial charge in [0.1, 0.15) is 5.15 Å². The van der Waals surface area contributed by atoms with Crippen molar-refractivity contribution in [2.24, 2.45) is 0 Å². The molecule has 1 aliphatic heterocycles. The van der Waals surface area contributed by atoms with Gasteiger partial charge in [-0.15, -0.1) is 0 Å². The maximum absolute atomic E-state index is 13.0. The van der Waals surface area contributed by atoms with Crippen molar-refractivity contribution in [3.05, 3.63) is 53.0 Å². The van der Waals surface area contributed by atoms with Crippen molar-refractivity contribution in [2.45, 2.75) is 26.2 Å². The summed E-state index contributed by atoms with van der Waals surface area (Å²) in [5, 5.41) is 4.43. The van der Waals surface area contributed by atoms with Gasteiger partial charge in [0.2, 0.25) is 17.4 Å². The lowest BCUT2D eigenvalue weighted by atomic mass is 9.97. The summed E-state index contributed by atoms with van der Waals surface area (Å²) in [7, 11) is 0. The Morgan fingerprint density at radius 2 is 1.70 bits per heavy atom. The Morgan fingerprint density at radius 1 is 0.970 bits per heavy atom. The number of nitrogens with zero attached hydrogens (tertiary/aromatic N) is 6. The molecule has 4 heterocycles. The number of pyridine rings is 1. The van der Waals surface area contributed by atoms with E-state index in [0.717, 1.165) is 5.56 Å². The standard InChI is InChI=1S/C23H23ClN6O3/c1-23(2,3)21-26-18(28-33-21)14-4-6-15(7-5-14)20(31)29-10-12-30(13-11-29)22-27-19-16(32-22)8-9-17(24)25-19/h4-9H,10-13H2,1-3H3. The molecule has 0 radical (unpaired) electrons. The van der Waals surface area contributed by atoms with E-state index < -0.39 is 0 Å². The van der Waals surface area contributed by atoms with Crippen molar-refractivity contribution in [3.8, 4) is 11.4 Å². The molecule has 0 aliphatic carbocycles. The van der Waals surface area contributed by atoms with Crippen LogP contribution in [0.1, 0.15) is 37.0 Å². The van der Waals surface area contributed by atoms with Crippen molar-refractivity contribution in [1.29, 1.82) is 0 Å². The van der Waals surface area contributed by atoms with Crippen molar-refractivity contribution in [3.63, 3.8) is 0 Å². The fourth-order valence-corrected chi connectivity index (χ4v) is 3.75. The second-order valence-corrected chi connectivity index (χ2v) is 9.37. The van der Waals surface area contributed by atoms with Crippen molar-refractivity contribution in [1.82, 2.24) is 25.0 Å². The summed E-state index contributed by atoms with van der Waals surface area (Å²) < 4.78 is 11.2. The average Bonchev–Trinajstić information content (AvgIpc) is 3.46. The Hall–Kier alpha value is -3.46. The Morgan fingerprint density at radius 3 is 2.36 bits per heavy atom. The van der Waals surface area contributed by atoms with E-state index in [9.17, 15) is 4.79 Å². The highest BCUT2D eigenvalue weighted by Crippen LogP contribution is 2.25. The second-order valence-electron chi connectivity index (χ2n) is 8.98. The number of anilines is 1. The van der Waals surface area contributed by atoms with Gasteiger partial charge < -0.3 is 18.7 Å². The van der Waals surface area contributed by atoms with Gasteiger partial charge in [0.15, 0.2) is 5.58 Å². The van der Waals surface area contributed by atoms with E-state index in [1.54, 1.807) is 24.3 Å². The first-order valence-electron chi connectivity index (χ1n) is 10.7. The van der Waals surface area contributed by atoms with Gasteiger partial charge in [-0.1, -0.05) is 49.7 Å². The number of halogens is 1. The summed E-state index contributed by atoms with van der Waals surface area (Å²) in [6.07, 6.45) is 0. The molecular formula is C23H23ClN6O3. The molecule has 0 atom stereocenters. The molecule has 0 bridgehead atoms. The highest BCUT2D eigenvalue weighted by atomic mass is 35.5. The third kappa shape index (κ3) is 4.28. The highest BCUT2D eigenvalue weighted by Gasteiger charge is 2.26. The predicted molar refractivity (Wildman–Crippen MR) is 123 cm³/mol. The van der Waals surface area contributed by atoms with Crippen LogP contribution in [0.25, 0.3) is 22.6 Å². The molecule has 1 amide bonds. The van der Waals surface area contributed by atoms with Gasteiger partial charge >= 0.3 is 0 Å². The molecule has 0 spiro atoms. The number of rotatable bonds is 3. The lowest BCUT2D eigenvalue weighted by Gasteiger charge is -2.33. The van der Waals surface area contributed by atoms with E-state index in [2.05, 4.69) is 20.1 Å². The van der Waals surface area contributed by atoms with Gasteiger partial charge in [0.25, 0.3) is 11.9 Å². The summed E-state index contributed by atoms with van der Waals surface area (Å²) in [4.78, 5) is 29.9. The smallest absolute Gasteiger partial charge is 0.300 e. The van der Waals surface area contributed by atoms with Crippen LogP contribution < -0.4 is 4.90 Å². The molecule has 1 saturated heterocycles. The maximum Gasteiger partial charge on any atom is 0.300 e. The van der Waals surface area contributed by atoms with Crippen LogP contribution in [-0.4, -0.2) is 57.1 Å². The molecule has 1 aliphatic rings. The number of fused-ring (bicyclic) bond motifs is 1. The molecule has 10 heteroatoms. The maximum atomic E-state index is 13.0. The largest absolute Gasteiger partial charge is 0.422 e. The van der Waals surface area contributed by atoms with E-state index >= 15 is 0 Å². The zero-order valence-electron chi connectivity index (χ0n) is 18.6. The first-order valence-corrected chi connectivity index (χ1v) is 11.1. The van der Waals surface area contributed by atoms with Crippen LogP contribution in [0, 0.1) is 0 Å². The number of hydrogen-bond donors (Lipinski definition) is 0. The molecule has 0 saturated carbocycles. The zero-order valence-corrected chi connectivity index (χ0v) is 19.3. The molecule has 1 fully saturated rings. The van der Waals surface area contributed by atoms with E-state index in [-0.39, 0.29) is 11.3 Å². The summed E-state index contributed by atoms with van der Waals surface area (Å²) in [5.74, 6) is 1.07. The van der Waals surface area contributed by atoms with E-state index in [1.807, 2.05) is 42.7 Å². The first kappa shape index (κ1) is 21.4. The van der Waals surface area contributed by atoms with Crippen molar-refractivity contribution in [2.75, 3.05) is 31.1 Å². The summed E-state index contributed by atoms with van der Waals surface area (Å²) in [5.41, 5.74) is 2.27. The predicted octanol–water partition coefficient (Wildman–Crippen LogP) is 4.19. The van der Waals surface area contributed by atoms with Crippen molar-refractivity contribution >= 4 is 34.8 Å². The van der Waals surface area contributed by atoms with Crippen LogP contribution in [0.2, 0.25) is 5.15 Å². The molecule has 33 heavy (non-hydrogen) atoms. The lowest BCUT2D eigenvalue weighted by Crippen LogP contribution is -2.48. The molecule has 9 nitrogen and oxygen atoms in total. The number of hydrogen-bond acceptors (Lipinski definition) is 8. The molecule has 5 rings (SSSR count). The monoisotopic (exact) mass is 466 g/mol. The van der Waals surface area contributed by atoms with Gasteiger partial charge in [-0.3, -0.25) is 4.79 Å². The van der Waals surface area contributed by atoms with Crippen LogP contribution in [0.5, 0.6) is 0 Å². The Labute approximate surface area is 195 Å². The number of carbonyl (C=O) groups excluding carboxylic acids is 1. The van der Waals surface area contributed by atoms with Crippen LogP contribution in [0.4, 0.5) is 6.01 Å². The topological polar surface area (TPSA) is 101 Å². The summed E-state index contributed by atoms with van der Waals surface area (Å²) in [6.45, 7) is 8.40. The van der Waals surface area contributed by atoms with Gasteiger partial charge in [-0.2, -0.15) is 9.97 Å². The van der Waals surface area contributed by atoms with Gasteiger partial charge in [0.05, 0.1) is 0 Å². The minimum atomic E-state index is -0.218. The molecular weight excluding hydrogens is 444 g/mol. The number of piperazine rings is 1. The third-order valence-corrected chi connectivity index (χ3v) is 5.71. The summed E-state index contributed by atoms with van der Waals surface area (Å²) >= 11 is 5.93. The van der Waals surface area contributed by atoms with Crippen LogP contribution in [-0.2, 0) is 5.41 Å². The molecule has 1 aromatic carbocycles. The van der Waals surface area contributed by atoms with Gasteiger partial charge in [-0.25, -0.2) is 4.98 Å². The molecule has 0 unspecified atom stereocenters. The number of carbonyl (C=O) groups is 1. The quantitative estimate of drug-likeness (QED) is 0.414. The Balaban J connectivity index is 1.23. The van der Waals surface area contributed by atoms with E-state index in [1.165, 1.54) is 0 Å². The Kier molecular flexibility index (Phi) is 5.28. The summed E-state index contributed by atoms with van der Waals surface area (Å²) in [6, 6.07) is 11.2. The number of aromatic nitrogens is 4. The number of amides is 1. The first-order chi connectivity index (χ1) is 15.8. The highest BCUT2D eigenvalue weighted by molar-refractivity contribution is 6.29. The fraction of sp³-hybridized carbons (Fsp3) is 0.348. The normalized spacial score (nSPS) is 14.8. The van der Waals surface area contributed by atoms with Crippen LogP contribution in [0.3, 0.4) is 0 Å². The molecule has 0 N–H and O–H groups in total. The van der Waals surface area contributed by atoms with E-state index in [4.69, 9.17) is 20.5 Å². The molecule has 4 aromatic rings. The van der Waals surface area contributed by atoms with Gasteiger partial charge in [-0.05, 0) is 24.3 Å². The number of benzene rings is 1. The minimum absolute atomic E-state index is 0.0179. The fourth-order valence-electron chi connectivity index (χ4n) is 3.61.